The zero-order chi connectivity index (χ0) is 38.1. The van der Waals surface area contributed by atoms with Crippen molar-refractivity contribution in [1.82, 2.24) is 0 Å². The average Bonchev–Trinajstić information content (AvgIpc) is 3.66. The molecule has 4 aliphatic carbocycles. The van der Waals surface area contributed by atoms with Gasteiger partial charge >= 0.3 is 16.4 Å². The van der Waals surface area contributed by atoms with Crippen molar-refractivity contribution in [3.05, 3.63) is 35.9 Å². The summed E-state index contributed by atoms with van der Waals surface area (Å²) >= 11 is 0. The van der Waals surface area contributed by atoms with E-state index in [9.17, 15) is 17.8 Å². The summed E-state index contributed by atoms with van der Waals surface area (Å²) in [6.07, 6.45) is 4.21. The minimum Gasteiger partial charge on any atom is -0.458 e. The maximum absolute atomic E-state index is 13.7. The van der Waals surface area contributed by atoms with Gasteiger partial charge in [0.15, 0.2) is 5.79 Å². The van der Waals surface area contributed by atoms with Crippen LogP contribution in [0.2, 0.25) is 0 Å². The topological polar surface area (TPSA) is 108 Å². The molecule has 1 heterocycles. The fourth-order valence-corrected chi connectivity index (χ4v) is 11.3. The standard InChI is InChI=1S/C36H54O8S/c1-23(2)30(44-45(38,39)40)14-11-24(3)27-12-13-28-32-29(15-16-35(27,28)5)34(4)17-18-36(41-19-20-42-36)22-26(34)21-31(32)43-33(37)25-9-7-6-8-10-25/h6-10,23-24,26-32H,11-22H2,1-5H3,(H,38,39,40)/t24-,26+,27-,28?,29?,30?,31-,32?,34+,35-/m1/s1/i1D3,2D3,23D. The lowest BCUT2D eigenvalue weighted by molar-refractivity contribution is -0.242. The van der Waals surface area contributed by atoms with Gasteiger partial charge in [0, 0.05) is 28.4 Å². The number of carbonyl (C=O) groups is 1. The van der Waals surface area contributed by atoms with E-state index < -0.39 is 41.9 Å². The molecule has 0 amide bonds. The van der Waals surface area contributed by atoms with E-state index in [-0.39, 0.29) is 65.3 Å². The summed E-state index contributed by atoms with van der Waals surface area (Å²) in [5, 5.41) is 0. The highest BCUT2D eigenvalue weighted by Gasteiger charge is 2.65. The van der Waals surface area contributed by atoms with Crippen LogP contribution in [-0.4, -0.2) is 50.1 Å². The molecular formula is C36H54O8S. The number of esters is 1. The van der Waals surface area contributed by atoms with E-state index >= 15 is 0 Å². The van der Waals surface area contributed by atoms with Crippen molar-refractivity contribution in [3.8, 4) is 0 Å². The molecule has 1 saturated heterocycles. The van der Waals surface area contributed by atoms with Crippen LogP contribution in [0.1, 0.15) is 119 Å². The largest absolute Gasteiger partial charge is 0.458 e. The number of hydrogen-bond donors (Lipinski definition) is 1. The molecule has 5 aliphatic rings. The van der Waals surface area contributed by atoms with Gasteiger partial charge in [-0.25, -0.2) is 8.98 Å². The van der Waals surface area contributed by atoms with Crippen LogP contribution in [0.15, 0.2) is 30.3 Å². The molecule has 6 rings (SSSR count). The third-order valence-corrected chi connectivity index (χ3v) is 13.4. The van der Waals surface area contributed by atoms with Gasteiger partial charge < -0.3 is 14.2 Å². The first-order chi connectivity index (χ1) is 24.0. The molecule has 9 heteroatoms. The Kier molecular flexibility index (Phi) is 7.08. The molecule has 45 heavy (non-hydrogen) atoms. The number of hydrogen-bond acceptors (Lipinski definition) is 7. The van der Waals surface area contributed by atoms with Crippen LogP contribution in [0.3, 0.4) is 0 Å². The molecule has 252 valence electrons. The van der Waals surface area contributed by atoms with E-state index in [1.807, 2.05) is 25.1 Å². The zero-order valence-electron chi connectivity index (χ0n) is 33.7. The Bertz CT molecular complexity index is 1550. The first kappa shape index (κ1) is 25.5. The van der Waals surface area contributed by atoms with Crippen molar-refractivity contribution >= 4 is 16.4 Å². The lowest BCUT2D eigenvalue weighted by atomic mass is 9.43. The summed E-state index contributed by atoms with van der Waals surface area (Å²) in [5.41, 5.74) is 0.321. The number of benzene rings is 1. The predicted molar refractivity (Wildman–Crippen MR) is 171 cm³/mol. The Morgan fingerprint density at radius 3 is 2.44 bits per heavy atom. The van der Waals surface area contributed by atoms with Crippen molar-refractivity contribution < 1.29 is 45.8 Å². The molecule has 4 unspecified atom stereocenters. The number of rotatable bonds is 9. The van der Waals surface area contributed by atoms with Gasteiger partial charge in [-0.2, -0.15) is 8.42 Å². The van der Waals surface area contributed by atoms with Gasteiger partial charge in [-0.3, -0.25) is 4.55 Å². The average molecular weight is 654 g/mol. The Labute approximate surface area is 280 Å². The van der Waals surface area contributed by atoms with Crippen LogP contribution < -0.4 is 0 Å². The fourth-order valence-electron chi connectivity index (χ4n) is 10.8. The van der Waals surface area contributed by atoms with Crippen molar-refractivity contribution in [2.45, 2.75) is 117 Å². The monoisotopic (exact) mass is 653 g/mol. The summed E-state index contributed by atoms with van der Waals surface area (Å²) in [5.74, 6) is -3.36. The minimum atomic E-state index is -5.27. The molecule has 1 aromatic carbocycles. The molecule has 8 nitrogen and oxygen atoms in total. The summed E-state index contributed by atoms with van der Waals surface area (Å²) in [6.45, 7) is 0.986. The van der Waals surface area contributed by atoms with Crippen molar-refractivity contribution in [1.29, 1.82) is 0 Å². The Morgan fingerprint density at radius 1 is 1.04 bits per heavy atom. The lowest BCUT2D eigenvalue weighted by Crippen LogP contribution is -2.60. The van der Waals surface area contributed by atoms with E-state index in [2.05, 4.69) is 13.8 Å². The van der Waals surface area contributed by atoms with Gasteiger partial charge in [0.1, 0.15) is 6.10 Å². The van der Waals surface area contributed by atoms with Gasteiger partial charge in [0.2, 0.25) is 0 Å². The molecule has 0 bridgehead atoms. The molecule has 5 fully saturated rings. The smallest absolute Gasteiger partial charge is 0.397 e. The van der Waals surface area contributed by atoms with E-state index in [1.54, 1.807) is 12.1 Å². The first-order valence-electron chi connectivity index (χ1n) is 20.2. The summed E-state index contributed by atoms with van der Waals surface area (Å²) in [4.78, 5) is 13.7. The van der Waals surface area contributed by atoms with Gasteiger partial charge in [0.25, 0.3) is 0 Å². The van der Waals surface area contributed by atoms with Crippen LogP contribution in [0.25, 0.3) is 0 Å². The van der Waals surface area contributed by atoms with Crippen molar-refractivity contribution in [3.63, 3.8) is 0 Å². The minimum absolute atomic E-state index is 0.00820. The van der Waals surface area contributed by atoms with Gasteiger partial charge in [0.05, 0.1) is 24.9 Å². The van der Waals surface area contributed by atoms with E-state index in [1.165, 1.54) is 0 Å². The number of carbonyl (C=O) groups excluding carboxylic acids is 1. The highest BCUT2D eigenvalue weighted by atomic mass is 32.3. The van der Waals surface area contributed by atoms with E-state index in [4.69, 9.17) is 28.0 Å². The molecule has 1 aliphatic heterocycles. The first-order valence-corrected chi connectivity index (χ1v) is 18.1. The van der Waals surface area contributed by atoms with E-state index in [0.29, 0.717) is 31.1 Å². The second-order valence-electron chi connectivity index (χ2n) is 15.1. The highest BCUT2D eigenvalue weighted by molar-refractivity contribution is 7.80. The van der Waals surface area contributed by atoms with Gasteiger partial charge in [-0.15, -0.1) is 0 Å². The molecular weight excluding hydrogens is 592 g/mol. The third-order valence-electron chi connectivity index (χ3n) is 12.9. The van der Waals surface area contributed by atoms with Gasteiger partial charge in [-0.05, 0) is 110 Å². The molecule has 0 aromatic heterocycles. The Hall–Kier alpha value is -1.52. The fraction of sp³-hybridized carbons (Fsp3) is 0.806. The SMILES string of the molecule is [2H]C([2H])([2H])C([2H])(C(CC[C@@H](C)[C@H]1CCC2C3C(CC[C@@]21C)[C@@]1(C)CCC2(C[C@@H]1C[C@H]3OC(=O)c1ccccc1)OCCO2)OS(=O)(=O)O)C([2H])([2H])[2H]. The quantitative estimate of drug-likeness (QED) is 0.216. The van der Waals surface area contributed by atoms with Crippen LogP contribution in [-0.2, 0) is 28.8 Å². The molecule has 1 N–H and O–H groups in total. The predicted octanol–water partition coefficient (Wildman–Crippen LogP) is 7.48. The normalized spacial score (nSPS) is 41.8. The Balaban J connectivity index is 1.26. The third kappa shape index (κ3) is 6.38. The lowest BCUT2D eigenvalue weighted by Gasteiger charge is -2.63. The van der Waals surface area contributed by atoms with Crippen LogP contribution >= 0.6 is 0 Å². The molecule has 1 aromatic rings. The van der Waals surface area contributed by atoms with Crippen LogP contribution in [0.4, 0.5) is 0 Å². The molecule has 10 atom stereocenters. The number of fused-ring (bicyclic) bond motifs is 5. The zero-order valence-corrected chi connectivity index (χ0v) is 27.5. The second-order valence-corrected chi connectivity index (χ2v) is 16.1. The van der Waals surface area contributed by atoms with Gasteiger partial charge in [-0.1, -0.05) is 52.7 Å². The molecule has 1 spiro atoms. The molecule has 0 radical (unpaired) electrons. The number of ether oxygens (including phenoxy) is 3. The summed E-state index contributed by atoms with van der Waals surface area (Å²) in [6, 6.07) is 9.05. The van der Waals surface area contributed by atoms with Crippen LogP contribution in [0.5, 0.6) is 0 Å². The Morgan fingerprint density at radius 2 is 1.76 bits per heavy atom. The van der Waals surface area contributed by atoms with Crippen molar-refractivity contribution in [2.75, 3.05) is 13.2 Å². The van der Waals surface area contributed by atoms with E-state index in [0.717, 1.165) is 44.9 Å². The molecule has 4 saturated carbocycles. The maximum atomic E-state index is 13.7. The summed E-state index contributed by atoms with van der Waals surface area (Å²) in [7, 11) is -5.27. The van der Waals surface area contributed by atoms with Crippen molar-refractivity contribution in [2.24, 2.45) is 52.2 Å². The van der Waals surface area contributed by atoms with Crippen LogP contribution in [0, 0.1) is 52.2 Å². The maximum Gasteiger partial charge on any atom is 0.397 e. The highest BCUT2D eigenvalue weighted by Crippen LogP contribution is 2.69. The second kappa shape index (κ2) is 12.5. The summed E-state index contributed by atoms with van der Waals surface area (Å²) < 4.78 is 113.